The molecule has 1 amide bonds. The monoisotopic (exact) mass is 293 g/mol. The quantitative estimate of drug-likeness (QED) is 0.692. The van der Waals surface area contributed by atoms with Gasteiger partial charge in [-0.25, -0.2) is 0 Å². The maximum atomic E-state index is 11.6. The summed E-state index contributed by atoms with van der Waals surface area (Å²) < 4.78 is 2.11. The van der Waals surface area contributed by atoms with Gasteiger partial charge in [-0.2, -0.15) is 0 Å². The summed E-state index contributed by atoms with van der Waals surface area (Å²) in [4.78, 5) is 17.4. The number of pyridine rings is 1. The molecule has 2 heterocycles. The molecule has 0 unspecified atom stereocenters. The molecule has 0 aliphatic carbocycles. The zero-order chi connectivity index (χ0) is 15.7. The number of benzene rings is 1. The summed E-state index contributed by atoms with van der Waals surface area (Å²) in [6, 6.07) is 8.18. The van der Waals surface area contributed by atoms with Gasteiger partial charge in [0.05, 0.1) is 18.4 Å². The lowest BCUT2D eigenvalue weighted by Gasteiger charge is -2.19. The van der Waals surface area contributed by atoms with E-state index < -0.39 is 0 Å². The third-order valence-corrected chi connectivity index (χ3v) is 4.09. The number of fused-ring (bicyclic) bond motifs is 1. The number of carbonyl (C=O) groups is 1. The van der Waals surface area contributed by atoms with Crippen LogP contribution in [0.5, 0.6) is 0 Å². The Morgan fingerprint density at radius 2 is 2.05 bits per heavy atom. The smallest absolute Gasteiger partial charge is 0.214 e. The van der Waals surface area contributed by atoms with Gasteiger partial charge in [-0.1, -0.05) is 12.1 Å². The Balaban J connectivity index is 2.05. The average Bonchev–Trinajstić information content (AvgIpc) is 2.83. The first kappa shape index (κ1) is 14.3. The van der Waals surface area contributed by atoms with E-state index in [1.807, 2.05) is 20.0 Å². The number of aromatic nitrogens is 2. The zero-order valence-electron chi connectivity index (χ0n) is 13.1. The van der Waals surface area contributed by atoms with Gasteiger partial charge in [0.25, 0.3) is 0 Å². The third kappa shape index (κ3) is 2.37. The summed E-state index contributed by atoms with van der Waals surface area (Å²) in [6.07, 6.45) is 6.45. The largest absolute Gasteiger partial charge is 0.350 e. The van der Waals surface area contributed by atoms with E-state index in [0.29, 0.717) is 6.54 Å². The summed E-state index contributed by atoms with van der Waals surface area (Å²) in [5.41, 5.74) is 5.44. The van der Waals surface area contributed by atoms with Crippen molar-refractivity contribution in [3.8, 4) is 0 Å². The molecule has 0 atom stereocenters. The van der Waals surface area contributed by atoms with Crippen molar-refractivity contribution in [3.05, 3.63) is 59.5 Å². The molecule has 4 nitrogen and oxygen atoms in total. The SMILES string of the molecule is Cc1ccncc1N(C=O)Cc1cn(C)c2cccc(C)c12. The molecular formula is C18H19N3O. The number of hydrogen-bond donors (Lipinski definition) is 0. The number of carbonyl (C=O) groups excluding carboxylic acids is 1. The molecule has 0 fully saturated rings. The van der Waals surface area contributed by atoms with E-state index in [1.54, 1.807) is 17.3 Å². The molecule has 0 saturated carbocycles. The Morgan fingerprint density at radius 3 is 2.77 bits per heavy atom. The van der Waals surface area contributed by atoms with Gasteiger partial charge >= 0.3 is 0 Å². The standard InChI is InChI=1S/C18H19N3O/c1-13-7-8-19-9-17(13)21(12-22)11-15-10-20(3)16-6-4-5-14(2)18(15)16/h4-10,12H,11H2,1-3H3. The van der Waals surface area contributed by atoms with Crippen LogP contribution in [0.25, 0.3) is 10.9 Å². The molecule has 112 valence electrons. The molecule has 3 rings (SSSR count). The fourth-order valence-corrected chi connectivity index (χ4v) is 2.97. The summed E-state index contributed by atoms with van der Waals surface area (Å²) in [5.74, 6) is 0. The second-order valence-corrected chi connectivity index (χ2v) is 5.63. The van der Waals surface area contributed by atoms with Gasteiger partial charge in [-0.05, 0) is 42.7 Å². The van der Waals surface area contributed by atoms with E-state index >= 15 is 0 Å². The van der Waals surface area contributed by atoms with Crippen LogP contribution in [0.4, 0.5) is 5.69 Å². The van der Waals surface area contributed by atoms with E-state index in [1.165, 1.54) is 16.5 Å². The number of rotatable bonds is 4. The highest BCUT2D eigenvalue weighted by Gasteiger charge is 2.14. The third-order valence-electron chi connectivity index (χ3n) is 4.09. The molecular weight excluding hydrogens is 274 g/mol. The van der Waals surface area contributed by atoms with Crippen LogP contribution in [-0.4, -0.2) is 16.0 Å². The Labute approximate surface area is 130 Å². The Kier molecular flexibility index (Phi) is 3.67. The molecule has 0 bridgehead atoms. The fraction of sp³-hybridized carbons (Fsp3) is 0.222. The Morgan fingerprint density at radius 1 is 1.23 bits per heavy atom. The number of hydrogen-bond acceptors (Lipinski definition) is 2. The van der Waals surface area contributed by atoms with Gasteiger partial charge in [-0.15, -0.1) is 0 Å². The van der Waals surface area contributed by atoms with Crippen molar-refractivity contribution >= 4 is 23.0 Å². The van der Waals surface area contributed by atoms with Crippen molar-refractivity contribution in [2.24, 2.45) is 7.05 Å². The van der Waals surface area contributed by atoms with Crippen molar-refractivity contribution < 1.29 is 4.79 Å². The van der Waals surface area contributed by atoms with Gasteiger partial charge in [0.15, 0.2) is 0 Å². The molecule has 1 aromatic carbocycles. The molecule has 0 saturated heterocycles. The summed E-state index contributed by atoms with van der Waals surface area (Å²) in [6.45, 7) is 4.63. The highest BCUT2D eigenvalue weighted by Crippen LogP contribution is 2.27. The van der Waals surface area contributed by atoms with E-state index in [2.05, 4.69) is 40.9 Å². The van der Waals surface area contributed by atoms with Crippen LogP contribution >= 0.6 is 0 Å². The molecule has 0 aliphatic heterocycles. The maximum absolute atomic E-state index is 11.6. The van der Waals surface area contributed by atoms with Gasteiger partial charge < -0.3 is 9.47 Å². The zero-order valence-corrected chi connectivity index (χ0v) is 13.1. The predicted octanol–water partition coefficient (Wildman–Crippen LogP) is 3.35. The molecule has 0 radical (unpaired) electrons. The van der Waals surface area contributed by atoms with E-state index in [-0.39, 0.29) is 0 Å². The number of aryl methyl sites for hydroxylation is 3. The normalized spacial score (nSPS) is 10.9. The van der Waals surface area contributed by atoms with Gasteiger partial charge in [0, 0.05) is 30.3 Å². The minimum Gasteiger partial charge on any atom is -0.350 e. The molecule has 22 heavy (non-hydrogen) atoms. The lowest BCUT2D eigenvalue weighted by molar-refractivity contribution is -0.107. The highest BCUT2D eigenvalue weighted by atomic mass is 16.1. The molecule has 3 aromatic rings. The predicted molar refractivity (Wildman–Crippen MR) is 88.9 cm³/mol. The molecule has 2 aromatic heterocycles. The molecule has 0 N–H and O–H groups in total. The molecule has 4 heteroatoms. The first-order chi connectivity index (χ1) is 10.6. The van der Waals surface area contributed by atoms with E-state index in [9.17, 15) is 4.79 Å². The van der Waals surface area contributed by atoms with Crippen LogP contribution in [0, 0.1) is 13.8 Å². The van der Waals surface area contributed by atoms with Crippen LogP contribution in [0.1, 0.15) is 16.7 Å². The molecule has 0 spiro atoms. The van der Waals surface area contributed by atoms with Gasteiger partial charge in [0.1, 0.15) is 0 Å². The van der Waals surface area contributed by atoms with Crippen LogP contribution in [0.15, 0.2) is 42.9 Å². The summed E-state index contributed by atoms with van der Waals surface area (Å²) >= 11 is 0. The minimum absolute atomic E-state index is 0.540. The van der Waals surface area contributed by atoms with E-state index in [4.69, 9.17) is 0 Å². The topological polar surface area (TPSA) is 38.1 Å². The lowest BCUT2D eigenvalue weighted by Crippen LogP contribution is -2.21. The second-order valence-electron chi connectivity index (χ2n) is 5.63. The first-order valence-electron chi connectivity index (χ1n) is 7.28. The maximum Gasteiger partial charge on any atom is 0.214 e. The summed E-state index contributed by atoms with van der Waals surface area (Å²) in [5, 5.41) is 1.22. The first-order valence-corrected chi connectivity index (χ1v) is 7.28. The van der Waals surface area contributed by atoms with Crippen LogP contribution in [-0.2, 0) is 18.4 Å². The summed E-state index contributed by atoms with van der Waals surface area (Å²) in [7, 11) is 2.03. The second kappa shape index (κ2) is 5.64. The average molecular weight is 293 g/mol. The minimum atomic E-state index is 0.540. The van der Waals surface area contributed by atoms with Gasteiger partial charge in [-0.3, -0.25) is 9.78 Å². The van der Waals surface area contributed by atoms with Crippen molar-refractivity contribution in [1.29, 1.82) is 0 Å². The van der Waals surface area contributed by atoms with Gasteiger partial charge in [0.2, 0.25) is 6.41 Å². The number of anilines is 1. The fourth-order valence-electron chi connectivity index (χ4n) is 2.97. The number of nitrogens with zero attached hydrogens (tertiary/aromatic N) is 3. The van der Waals surface area contributed by atoms with Crippen molar-refractivity contribution in [3.63, 3.8) is 0 Å². The van der Waals surface area contributed by atoms with Crippen molar-refractivity contribution in [2.45, 2.75) is 20.4 Å². The van der Waals surface area contributed by atoms with Crippen LogP contribution in [0.2, 0.25) is 0 Å². The van der Waals surface area contributed by atoms with Crippen molar-refractivity contribution in [1.82, 2.24) is 9.55 Å². The lowest BCUT2D eigenvalue weighted by atomic mass is 10.1. The van der Waals surface area contributed by atoms with Crippen LogP contribution < -0.4 is 4.90 Å². The Hall–Kier alpha value is -2.62. The highest BCUT2D eigenvalue weighted by molar-refractivity contribution is 5.88. The van der Waals surface area contributed by atoms with E-state index in [0.717, 1.165) is 23.2 Å². The molecule has 0 aliphatic rings. The number of amides is 1. The van der Waals surface area contributed by atoms with Crippen LogP contribution in [0.3, 0.4) is 0 Å². The Bertz CT molecular complexity index is 835. The van der Waals surface area contributed by atoms with Crippen molar-refractivity contribution in [2.75, 3.05) is 4.90 Å².